The van der Waals surface area contributed by atoms with Crippen LogP contribution in [0.1, 0.15) is 86.2 Å². The lowest BCUT2D eigenvalue weighted by molar-refractivity contribution is -0.127. The molecule has 3 aliphatic rings. The molecule has 4 heteroatoms. The van der Waals surface area contributed by atoms with Crippen molar-refractivity contribution >= 4 is 11.8 Å². The van der Waals surface area contributed by atoms with E-state index in [0.717, 1.165) is 49.7 Å². The van der Waals surface area contributed by atoms with Gasteiger partial charge in [0.15, 0.2) is 0 Å². The first kappa shape index (κ1) is 16.6. The van der Waals surface area contributed by atoms with Crippen LogP contribution in [0.3, 0.4) is 0 Å². The van der Waals surface area contributed by atoms with Crippen LogP contribution in [0.25, 0.3) is 0 Å². The van der Waals surface area contributed by atoms with Gasteiger partial charge in [-0.3, -0.25) is 9.59 Å². The zero-order valence-corrected chi connectivity index (χ0v) is 14.9. The minimum absolute atomic E-state index is 0.0251. The number of carbonyl (C=O) groups is 2. The van der Waals surface area contributed by atoms with Crippen molar-refractivity contribution in [1.82, 2.24) is 10.2 Å². The number of fused-ring (bicyclic) bond motifs is 1. The van der Waals surface area contributed by atoms with Gasteiger partial charge in [0.1, 0.15) is 6.04 Å². The van der Waals surface area contributed by atoms with Crippen LogP contribution in [-0.4, -0.2) is 28.8 Å². The first-order valence-corrected chi connectivity index (χ1v) is 9.97. The molecule has 2 amide bonds. The summed E-state index contributed by atoms with van der Waals surface area (Å²) in [5.74, 6) is 0.0700. The molecule has 4 nitrogen and oxygen atoms in total. The molecular formula is C21H28N2O2. The van der Waals surface area contributed by atoms with E-state index >= 15 is 0 Å². The van der Waals surface area contributed by atoms with Crippen LogP contribution in [0.2, 0.25) is 0 Å². The summed E-state index contributed by atoms with van der Waals surface area (Å²) >= 11 is 0. The van der Waals surface area contributed by atoms with Crippen LogP contribution < -0.4 is 5.32 Å². The maximum absolute atomic E-state index is 13.2. The summed E-state index contributed by atoms with van der Waals surface area (Å²) in [5.41, 5.74) is 1.61. The van der Waals surface area contributed by atoms with Gasteiger partial charge in [0.05, 0.1) is 0 Å². The quantitative estimate of drug-likeness (QED) is 0.847. The molecule has 2 aliphatic carbocycles. The zero-order chi connectivity index (χ0) is 17.2. The SMILES string of the molecule is O=C(NC1CCCCCC1)[C@H]1c2ccccc2C(=O)N1C1CCCC1. The van der Waals surface area contributed by atoms with Crippen molar-refractivity contribution in [2.75, 3.05) is 0 Å². The van der Waals surface area contributed by atoms with Gasteiger partial charge < -0.3 is 10.2 Å². The van der Waals surface area contributed by atoms with E-state index in [1.165, 1.54) is 25.7 Å². The molecule has 1 atom stereocenters. The second-order valence-corrected chi connectivity index (χ2v) is 7.84. The Hall–Kier alpha value is -1.84. The number of hydrogen-bond donors (Lipinski definition) is 1. The Morgan fingerprint density at radius 2 is 1.56 bits per heavy atom. The summed E-state index contributed by atoms with van der Waals surface area (Å²) in [4.78, 5) is 28.1. The molecule has 2 fully saturated rings. The second-order valence-electron chi connectivity index (χ2n) is 7.84. The van der Waals surface area contributed by atoms with Crippen molar-refractivity contribution < 1.29 is 9.59 Å². The van der Waals surface area contributed by atoms with E-state index < -0.39 is 6.04 Å². The van der Waals surface area contributed by atoms with Gasteiger partial charge in [-0.05, 0) is 37.3 Å². The highest BCUT2D eigenvalue weighted by Gasteiger charge is 2.45. The molecule has 2 saturated carbocycles. The van der Waals surface area contributed by atoms with Crippen molar-refractivity contribution in [3.63, 3.8) is 0 Å². The molecule has 1 heterocycles. The van der Waals surface area contributed by atoms with Gasteiger partial charge in [-0.15, -0.1) is 0 Å². The molecule has 25 heavy (non-hydrogen) atoms. The molecule has 4 rings (SSSR count). The third-order valence-electron chi connectivity index (χ3n) is 6.17. The van der Waals surface area contributed by atoms with Crippen molar-refractivity contribution in [3.8, 4) is 0 Å². The van der Waals surface area contributed by atoms with Crippen LogP contribution in [0.4, 0.5) is 0 Å². The molecule has 0 radical (unpaired) electrons. The first-order valence-electron chi connectivity index (χ1n) is 9.97. The van der Waals surface area contributed by atoms with Crippen LogP contribution in [0, 0.1) is 0 Å². The Kier molecular flexibility index (Phi) is 4.78. The van der Waals surface area contributed by atoms with Crippen LogP contribution in [0.5, 0.6) is 0 Å². The highest BCUT2D eigenvalue weighted by atomic mass is 16.2. The molecule has 134 valence electrons. The number of rotatable bonds is 3. The van der Waals surface area contributed by atoms with Gasteiger partial charge in [0, 0.05) is 17.6 Å². The highest BCUT2D eigenvalue weighted by Crippen LogP contribution is 2.39. The van der Waals surface area contributed by atoms with Crippen molar-refractivity contribution in [3.05, 3.63) is 35.4 Å². The molecule has 0 bridgehead atoms. The van der Waals surface area contributed by atoms with E-state index in [4.69, 9.17) is 0 Å². The van der Waals surface area contributed by atoms with Crippen molar-refractivity contribution in [1.29, 1.82) is 0 Å². The van der Waals surface area contributed by atoms with Gasteiger partial charge in [0.25, 0.3) is 5.91 Å². The number of benzene rings is 1. The van der Waals surface area contributed by atoms with Gasteiger partial charge in [-0.2, -0.15) is 0 Å². The van der Waals surface area contributed by atoms with Crippen molar-refractivity contribution in [2.45, 2.75) is 82.3 Å². The van der Waals surface area contributed by atoms with Gasteiger partial charge in [-0.25, -0.2) is 0 Å². The molecule has 0 saturated heterocycles. The van der Waals surface area contributed by atoms with E-state index in [2.05, 4.69) is 5.32 Å². The predicted molar refractivity (Wildman–Crippen MR) is 97.2 cm³/mol. The fourth-order valence-corrected chi connectivity index (χ4v) is 4.87. The van der Waals surface area contributed by atoms with E-state index in [1.807, 2.05) is 29.2 Å². The second kappa shape index (κ2) is 7.19. The van der Waals surface area contributed by atoms with Gasteiger partial charge in [0.2, 0.25) is 5.91 Å². The Morgan fingerprint density at radius 3 is 2.28 bits per heavy atom. The Labute approximate surface area is 150 Å². The predicted octanol–water partition coefficient (Wildman–Crippen LogP) is 3.97. The van der Waals surface area contributed by atoms with E-state index in [0.29, 0.717) is 0 Å². The Bertz CT molecular complexity index is 643. The third-order valence-corrected chi connectivity index (χ3v) is 6.17. The summed E-state index contributed by atoms with van der Waals surface area (Å²) in [6.07, 6.45) is 11.4. The van der Waals surface area contributed by atoms with Crippen molar-refractivity contribution in [2.24, 2.45) is 0 Å². The first-order chi connectivity index (χ1) is 12.3. The summed E-state index contributed by atoms with van der Waals surface area (Å²) < 4.78 is 0. The summed E-state index contributed by atoms with van der Waals surface area (Å²) in [7, 11) is 0. The standard InChI is InChI=1S/C21H28N2O2/c24-20(22-15-9-3-1-2-4-10-15)19-17-13-7-8-14-18(17)21(25)23(19)16-11-5-6-12-16/h7-8,13-16,19H,1-6,9-12H2,(H,22,24)/t19-/m1/s1. The van der Waals surface area contributed by atoms with Gasteiger partial charge >= 0.3 is 0 Å². The summed E-state index contributed by atoms with van der Waals surface area (Å²) in [6, 6.07) is 7.71. The molecular weight excluding hydrogens is 312 g/mol. The smallest absolute Gasteiger partial charge is 0.255 e. The lowest BCUT2D eigenvalue weighted by atomic mass is 10.0. The molecule has 0 spiro atoms. The monoisotopic (exact) mass is 340 g/mol. The fraction of sp³-hybridized carbons (Fsp3) is 0.619. The van der Waals surface area contributed by atoms with Crippen LogP contribution in [0.15, 0.2) is 24.3 Å². The Morgan fingerprint density at radius 1 is 0.920 bits per heavy atom. The number of carbonyl (C=O) groups excluding carboxylic acids is 2. The minimum Gasteiger partial charge on any atom is -0.351 e. The van der Waals surface area contributed by atoms with Gasteiger partial charge in [-0.1, -0.05) is 56.7 Å². The number of nitrogens with zero attached hydrogens (tertiary/aromatic N) is 1. The van der Waals surface area contributed by atoms with E-state index in [9.17, 15) is 9.59 Å². The maximum Gasteiger partial charge on any atom is 0.255 e. The van der Waals surface area contributed by atoms with Crippen LogP contribution in [-0.2, 0) is 4.79 Å². The summed E-state index contributed by atoms with van der Waals surface area (Å²) in [5, 5.41) is 3.28. The minimum atomic E-state index is -0.435. The molecule has 1 aromatic carbocycles. The average Bonchev–Trinajstić information content (AvgIpc) is 3.16. The molecule has 0 unspecified atom stereocenters. The topological polar surface area (TPSA) is 49.4 Å². The van der Waals surface area contributed by atoms with E-state index in [-0.39, 0.29) is 23.9 Å². The number of hydrogen-bond acceptors (Lipinski definition) is 2. The maximum atomic E-state index is 13.2. The average molecular weight is 340 g/mol. The lowest BCUT2D eigenvalue weighted by Gasteiger charge is -2.31. The normalized spacial score (nSPS) is 25.0. The van der Waals surface area contributed by atoms with Crippen LogP contribution >= 0.6 is 0 Å². The zero-order valence-electron chi connectivity index (χ0n) is 14.9. The molecule has 1 aliphatic heterocycles. The molecule has 1 aromatic rings. The molecule has 1 N–H and O–H groups in total. The largest absolute Gasteiger partial charge is 0.351 e. The lowest BCUT2D eigenvalue weighted by Crippen LogP contribution is -2.46. The number of amides is 2. The summed E-state index contributed by atoms with van der Waals surface area (Å²) in [6.45, 7) is 0. The highest BCUT2D eigenvalue weighted by molar-refractivity contribution is 6.05. The third kappa shape index (κ3) is 3.19. The number of nitrogens with one attached hydrogen (secondary N) is 1. The molecule has 0 aromatic heterocycles. The Balaban J connectivity index is 1.59. The fourth-order valence-electron chi connectivity index (χ4n) is 4.87. The van der Waals surface area contributed by atoms with E-state index in [1.54, 1.807) is 0 Å².